The van der Waals surface area contributed by atoms with E-state index < -0.39 is 5.60 Å². The van der Waals surface area contributed by atoms with Crippen LogP contribution in [0.1, 0.15) is 44.7 Å². The summed E-state index contributed by atoms with van der Waals surface area (Å²) in [5.41, 5.74) is 1.97. The Labute approximate surface area is 239 Å². The van der Waals surface area contributed by atoms with Gasteiger partial charge in [0, 0.05) is 31.4 Å². The van der Waals surface area contributed by atoms with Crippen molar-refractivity contribution in [2.45, 2.75) is 58.4 Å². The van der Waals surface area contributed by atoms with Gasteiger partial charge in [0.2, 0.25) is 0 Å². The van der Waals surface area contributed by atoms with E-state index in [-0.39, 0.29) is 18.7 Å². The Morgan fingerprint density at radius 2 is 1.76 bits per heavy atom. The molecular weight excluding hydrogens is 522 g/mol. The van der Waals surface area contributed by atoms with Gasteiger partial charge in [-0.15, -0.1) is 0 Å². The number of methoxy groups -OCH3 is 1. The van der Waals surface area contributed by atoms with Gasteiger partial charge in [-0.05, 0) is 69.0 Å². The molecule has 4 aromatic rings. The van der Waals surface area contributed by atoms with Crippen LogP contribution in [0.15, 0.2) is 60.8 Å². The lowest BCUT2D eigenvalue weighted by atomic mass is 10.1. The van der Waals surface area contributed by atoms with Gasteiger partial charge in [-0.2, -0.15) is 5.10 Å². The molecule has 1 aliphatic heterocycles. The van der Waals surface area contributed by atoms with Crippen molar-refractivity contribution in [1.29, 1.82) is 0 Å². The fourth-order valence-electron chi connectivity index (χ4n) is 4.84. The number of amides is 1. The number of aliphatic hydroxyl groups excluding tert-OH is 1. The molecule has 2 N–H and O–H groups in total. The van der Waals surface area contributed by atoms with Crippen molar-refractivity contribution < 1.29 is 24.1 Å². The minimum absolute atomic E-state index is 0.0271. The lowest BCUT2D eigenvalue weighted by Gasteiger charge is -2.34. The van der Waals surface area contributed by atoms with Crippen LogP contribution in [0.5, 0.6) is 17.2 Å². The summed E-state index contributed by atoms with van der Waals surface area (Å²) in [6.07, 6.45) is 3.13. The van der Waals surface area contributed by atoms with Gasteiger partial charge < -0.3 is 29.5 Å². The molecule has 2 aromatic carbocycles. The van der Waals surface area contributed by atoms with E-state index in [2.05, 4.69) is 10.3 Å². The fraction of sp³-hybridized carbons (Fsp3) is 0.387. The molecule has 0 aliphatic carbocycles. The Bertz CT molecular complexity index is 1480. The van der Waals surface area contributed by atoms with Crippen molar-refractivity contribution in [3.8, 4) is 17.2 Å². The number of likely N-dealkylation sites (tertiary alicyclic amines) is 1. The van der Waals surface area contributed by atoms with Gasteiger partial charge in [-0.3, -0.25) is 0 Å². The van der Waals surface area contributed by atoms with Gasteiger partial charge in [0.15, 0.2) is 11.5 Å². The molecule has 1 aliphatic rings. The van der Waals surface area contributed by atoms with E-state index in [4.69, 9.17) is 19.3 Å². The molecule has 0 bridgehead atoms. The maximum Gasteiger partial charge on any atom is 0.410 e. The Morgan fingerprint density at radius 1 is 1.05 bits per heavy atom. The standard InChI is InChI=1S/C31H37N5O5/c1-31(2,3)41-30(38)35-17-5-6-23(19-35)33-28-27-26(40-25-13-9-22(20-37)10-14-25)15-16-32-29(27)36(34-28)18-21-7-11-24(39-4)12-8-21/h7-16,23,37H,5-6,17-20H2,1-4H3,(H,33,34). The number of carbonyl (C=O) groups excluding carboxylic acids is 1. The van der Waals surface area contributed by atoms with Crippen molar-refractivity contribution in [2.75, 3.05) is 25.5 Å². The Balaban J connectivity index is 1.46. The third kappa shape index (κ3) is 6.89. The molecule has 1 unspecified atom stereocenters. The molecule has 41 heavy (non-hydrogen) atoms. The smallest absolute Gasteiger partial charge is 0.410 e. The van der Waals surface area contributed by atoms with Gasteiger partial charge in [0.1, 0.15) is 28.2 Å². The summed E-state index contributed by atoms with van der Waals surface area (Å²) in [7, 11) is 1.64. The zero-order valence-electron chi connectivity index (χ0n) is 24.0. The lowest BCUT2D eigenvalue weighted by Crippen LogP contribution is -2.47. The molecule has 3 heterocycles. The van der Waals surface area contributed by atoms with Gasteiger partial charge in [0.05, 0.1) is 20.3 Å². The number of nitrogens with one attached hydrogen (secondary N) is 1. The maximum absolute atomic E-state index is 12.8. The molecule has 0 radical (unpaired) electrons. The number of anilines is 1. The number of rotatable bonds is 8. The molecule has 0 saturated carbocycles. The third-order valence-corrected chi connectivity index (χ3v) is 6.83. The van der Waals surface area contributed by atoms with E-state index in [9.17, 15) is 9.90 Å². The van der Waals surface area contributed by atoms with Crippen LogP contribution in [0.25, 0.3) is 11.0 Å². The number of pyridine rings is 1. The van der Waals surface area contributed by atoms with Crippen LogP contribution in [0, 0.1) is 0 Å². The fourth-order valence-corrected chi connectivity index (χ4v) is 4.84. The Hall–Kier alpha value is -4.31. The first kappa shape index (κ1) is 28.2. The van der Waals surface area contributed by atoms with Crippen molar-refractivity contribution in [1.82, 2.24) is 19.7 Å². The number of piperidine rings is 1. The predicted molar refractivity (Wildman–Crippen MR) is 157 cm³/mol. The zero-order valence-corrected chi connectivity index (χ0v) is 24.0. The van der Waals surface area contributed by atoms with E-state index in [1.54, 1.807) is 18.2 Å². The largest absolute Gasteiger partial charge is 0.497 e. The van der Waals surface area contributed by atoms with Crippen molar-refractivity contribution in [3.05, 3.63) is 71.9 Å². The normalized spacial score (nSPS) is 15.5. The summed E-state index contributed by atoms with van der Waals surface area (Å²) in [5, 5.41) is 18.7. The van der Waals surface area contributed by atoms with Gasteiger partial charge in [-0.25, -0.2) is 14.5 Å². The molecule has 1 atom stereocenters. The molecule has 1 fully saturated rings. The average Bonchev–Trinajstić information content (AvgIpc) is 3.30. The summed E-state index contributed by atoms with van der Waals surface area (Å²) in [5.74, 6) is 2.67. The number of hydrogen-bond donors (Lipinski definition) is 2. The van der Waals surface area contributed by atoms with Crippen LogP contribution in [-0.2, 0) is 17.9 Å². The van der Waals surface area contributed by atoms with Crippen molar-refractivity contribution in [2.24, 2.45) is 0 Å². The first-order chi connectivity index (χ1) is 19.7. The molecule has 1 amide bonds. The summed E-state index contributed by atoms with van der Waals surface area (Å²) in [6, 6.07) is 16.9. The molecule has 10 nitrogen and oxygen atoms in total. The van der Waals surface area contributed by atoms with E-state index in [0.717, 1.165) is 35.1 Å². The molecule has 216 valence electrons. The molecule has 0 spiro atoms. The van der Waals surface area contributed by atoms with Crippen LogP contribution in [0.2, 0.25) is 0 Å². The van der Waals surface area contributed by atoms with E-state index in [0.29, 0.717) is 42.6 Å². The van der Waals surface area contributed by atoms with Gasteiger partial charge in [0.25, 0.3) is 0 Å². The number of aliphatic hydroxyl groups is 1. The summed E-state index contributed by atoms with van der Waals surface area (Å²) < 4.78 is 19.1. The quantitative estimate of drug-likeness (QED) is 0.288. The van der Waals surface area contributed by atoms with Crippen LogP contribution >= 0.6 is 0 Å². The number of aromatic nitrogens is 3. The number of hydrogen-bond acceptors (Lipinski definition) is 8. The molecular formula is C31H37N5O5. The summed E-state index contributed by atoms with van der Waals surface area (Å²) in [4.78, 5) is 19.2. The Kier molecular flexibility index (Phi) is 8.30. The number of benzene rings is 2. The number of ether oxygens (including phenoxy) is 3. The minimum Gasteiger partial charge on any atom is -0.497 e. The van der Waals surface area contributed by atoms with Crippen LogP contribution < -0.4 is 14.8 Å². The highest BCUT2D eigenvalue weighted by Crippen LogP contribution is 2.35. The predicted octanol–water partition coefficient (Wildman–Crippen LogP) is 5.58. The monoisotopic (exact) mass is 559 g/mol. The second-order valence-corrected chi connectivity index (χ2v) is 11.2. The second-order valence-electron chi connectivity index (χ2n) is 11.2. The highest BCUT2D eigenvalue weighted by atomic mass is 16.6. The maximum atomic E-state index is 12.8. The van der Waals surface area contributed by atoms with Crippen LogP contribution in [-0.4, -0.2) is 62.7 Å². The zero-order chi connectivity index (χ0) is 29.0. The van der Waals surface area contributed by atoms with Crippen LogP contribution in [0.3, 0.4) is 0 Å². The Morgan fingerprint density at radius 3 is 2.44 bits per heavy atom. The van der Waals surface area contributed by atoms with E-state index >= 15 is 0 Å². The topological polar surface area (TPSA) is 111 Å². The first-order valence-corrected chi connectivity index (χ1v) is 13.8. The second kappa shape index (κ2) is 12.1. The minimum atomic E-state index is -0.554. The number of carbonyl (C=O) groups is 1. The summed E-state index contributed by atoms with van der Waals surface area (Å²) in [6.45, 7) is 7.24. The highest BCUT2D eigenvalue weighted by Gasteiger charge is 2.29. The van der Waals surface area contributed by atoms with Gasteiger partial charge >= 0.3 is 6.09 Å². The molecule has 5 rings (SSSR count). The first-order valence-electron chi connectivity index (χ1n) is 13.8. The van der Waals surface area contributed by atoms with Gasteiger partial charge in [-0.1, -0.05) is 24.3 Å². The van der Waals surface area contributed by atoms with Crippen molar-refractivity contribution in [3.63, 3.8) is 0 Å². The third-order valence-electron chi connectivity index (χ3n) is 6.83. The average molecular weight is 560 g/mol. The number of fused-ring (bicyclic) bond motifs is 1. The van der Waals surface area contributed by atoms with E-state index in [1.807, 2.05) is 80.1 Å². The highest BCUT2D eigenvalue weighted by molar-refractivity contribution is 5.93. The van der Waals surface area contributed by atoms with Crippen molar-refractivity contribution >= 4 is 22.9 Å². The number of nitrogens with zero attached hydrogens (tertiary/aromatic N) is 4. The molecule has 1 saturated heterocycles. The molecule has 2 aromatic heterocycles. The lowest BCUT2D eigenvalue weighted by molar-refractivity contribution is 0.0206. The van der Waals surface area contributed by atoms with E-state index in [1.165, 1.54) is 0 Å². The molecule has 10 heteroatoms. The van der Waals surface area contributed by atoms with Crippen LogP contribution in [0.4, 0.5) is 10.6 Å². The summed E-state index contributed by atoms with van der Waals surface area (Å²) >= 11 is 0. The SMILES string of the molecule is COc1ccc(Cn2nc(NC3CCCN(C(=O)OC(C)(C)C)C3)c3c(Oc4ccc(CO)cc4)ccnc32)cc1.